The highest BCUT2D eigenvalue weighted by Gasteiger charge is 2.13. The first-order valence-electron chi connectivity index (χ1n) is 8.97. The molecular weight excluding hydrogens is 362 g/mol. The van der Waals surface area contributed by atoms with E-state index in [0.717, 1.165) is 48.9 Å². The zero-order valence-corrected chi connectivity index (χ0v) is 15.6. The Morgan fingerprint density at radius 1 is 1.07 bits per heavy atom. The molecule has 27 heavy (non-hydrogen) atoms. The zero-order chi connectivity index (χ0) is 18.6. The topological polar surface area (TPSA) is 38.8 Å². The van der Waals surface area contributed by atoms with Crippen molar-refractivity contribution < 1.29 is 14.3 Å². The number of rotatable bonds is 4. The highest BCUT2D eigenvalue weighted by Crippen LogP contribution is 2.29. The molecule has 0 radical (unpaired) electrons. The van der Waals surface area contributed by atoms with Crippen molar-refractivity contribution in [2.75, 3.05) is 37.8 Å². The van der Waals surface area contributed by atoms with Crippen molar-refractivity contribution in [3.63, 3.8) is 0 Å². The Hall–Kier alpha value is -2.56. The molecule has 0 N–H and O–H groups in total. The van der Waals surface area contributed by atoms with Crippen LogP contribution in [0.15, 0.2) is 60.2 Å². The summed E-state index contributed by atoms with van der Waals surface area (Å²) in [5.74, 6) is 0.780. The molecule has 4 rings (SSSR count). The lowest BCUT2D eigenvalue weighted by Crippen LogP contribution is -2.36. The van der Waals surface area contributed by atoms with Crippen LogP contribution in [0.2, 0.25) is 5.02 Å². The van der Waals surface area contributed by atoms with Crippen LogP contribution in [0.1, 0.15) is 15.9 Å². The smallest absolute Gasteiger partial charge is 0.185 e. The van der Waals surface area contributed by atoms with Crippen LogP contribution in [-0.2, 0) is 4.74 Å². The molecule has 138 valence electrons. The summed E-state index contributed by atoms with van der Waals surface area (Å²) < 4.78 is 11.1. The third-order valence-corrected chi connectivity index (χ3v) is 4.92. The number of fused-ring (bicyclic) bond motifs is 1. The van der Waals surface area contributed by atoms with Gasteiger partial charge in [0.25, 0.3) is 0 Å². The SMILES string of the molecule is O=C(C=CC1=Cc2cc(Cl)ccc2OC1)c1ccc(N2CCOCC2)cc1. The van der Waals surface area contributed by atoms with E-state index in [4.69, 9.17) is 21.1 Å². The molecule has 0 bridgehead atoms. The third kappa shape index (κ3) is 4.24. The summed E-state index contributed by atoms with van der Waals surface area (Å²) in [4.78, 5) is 14.7. The summed E-state index contributed by atoms with van der Waals surface area (Å²) in [6, 6.07) is 13.3. The van der Waals surface area contributed by atoms with Gasteiger partial charge in [-0.25, -0.2) is 0 Å². The Morgan fingerprint density at radius 3 is 2.63 bits per heavy atom. The molecule has 1 fully saturated rings. The summed E-state index contributed by atoms with van der Waals surface area (Å²) in [6.07, 6.45) is 5.40. The number of benzene rings is 2. The molecule has 2 aromatic rings. The number of carbonyl (C=O) groups excluding carboxylic acids is 1. The van der Waals surface area contributed by atoms with Crippen LogP contribution >= 0.6 is 11.6 Å². The maximum absolute atomic E-state index is 12.5. The van der Waals surface area contributed by atoms with Gasteiger partial charge in [-0.3, -0.25) is 4.79 Å². The lowest BCUT2D eigenvalue weighted by atomic mass is 10.1. The van der Waals surface area contributed by atoms with Crippen molar-refractivity contribution >= 4 is 29.1 Å². The maximum Gasteiger partial charge on any atom is 0.185 e. The first kappa shape index (κ1) is 17.8. The van der Waals surface area contributed by atoms with Gasteiger partial charge in [0, 0.05) is 34.9 Å². The van der Waals surface area contributed by atoms with Gasteiger partial charge in [-0.15, -0.1) is 0 Å². The van der Waals surface area contributed by atoms with Gasteiger partial charge in [-0.1, -0.05) is 17.7 Å². The van der Waals surface area contributed by atoms with Gasteiger partial charge in [0.15, 0.2) is 5.78 Å². The fraction of sp³-hybridized carbons (Fsp3) is 0.227. The molecular formula is C22H20ClNO3. The lowest BCUT2D eigenvalue weighted by Gasteiger charge is -2.28. The van der Waals surface area contributed by atoms with E-state index in [2.05, 4.69) is 4.90 Å². The molecule has 0 unspecified atom stereocenters. The number of nitrogens with zero attached hydrogens (tertiary/aromatic N) is 1. The van der Waals surface area contributed by atoms with E-state index in [0.29, 0.717) is 17.2 Å². The van der Waals surface area contributed by atoms with E-state index in [1.165, 1.54) is 0 Å². The van der Waals surface area contributed by atoms with E-state index in [1.807, 2.05) is 48.6 Å². The predicted octanol–water partition coefficient (Wildman–Crippen LogP) is 4.39. The lowest BCUT2D eigenvalue weighted by molar-refractivity contribution is 0.104. The minimum Gasteiger partial charge on any atom is -0.488 e. The number of halogens is 1. The van der Waals surface area contributed by atoms with Crippen molar-refractivity contribution in [1.29, 1.82) is 0 Å². The van der Waals surface area contributed by atoms with Crippen molar-refractivity contribution in [3.8, 4) is 5.75 Å². The second-order valence-electron chi connectivity index (χ2n) is 6.53. The molecule has 0 amide bonds. The van der Waals surface area contributed by atoms with Crippen LogP contribution in [0.3, 0.4) is 0 Å². The average molecular weight is 382 g/mol. The first-order chi connectivity index (χ1) is 13.2. The summed E-state index contributed by atoms with van der Waals surface area (Å²) in [5, 5.41) is 0.662. The Bertz CT molecular complexity index is 896. The van der Waals surface area contributed by atoms with E-state index in [9.17, 15) is 4.79 Å². The molecule has 0 aromatic heterocycles. The first-order valence-corrected chi connectivity index (χ1v) is 9.35. The monoisotopic (exact) mass is 381 g/mol. The molecule has 0 saturated carbocycles. The van der Waals surface area contributed by atoms with E-state index in [-0.39, 0.29) is 5.78 Å². The molecule has 1 saturated heterocycles. The summed E-state index contributed by atoms with van der Waals surface area (Å²) in [5.41, 5.74) is 3.65. The number of hydrogen-bond donors (Lipinski definition) is 0. The van der Waals surface area contributed by atoms with Gasteiger partial charge < -0.3 is 14.4 Å². The molecule has 2 aromatic carbocycles. The van der Waals surface area contributed by atoms with Gasteiger partial charge in [-0.2, -0.15) is 0 Å². The van der Waals surface area contributed by atoms with Crippen LogP contribution in [0, 0.1) is 0 Å². The molecule has 0 spiro atoms. The Kier molecular flexibility index (Phi) is 5.28. The van der Waals surface area contributed by atoms with Crippen molar-refractivity contribution in [1.82, 2.24) is 0 Å². The number of hydrogen-bond acceptors (Lipinski definition) is 4. The summed E-state index contributed by atoms with van der Waals surface area (Å²) in [6.45, 7) is 3.69. The van der Waals surface area contributed by atoms with Crippen molar-refractivity contribution in [2.45, 2.75) is 0 Å². The van der Waals surface area contributed by atoms with Crippen LogP contribution in [0.4, 0.5) is 5.69 Å². The minimum absolute atomic E-state index is 0.0266. The number of ketones is 1. The molecule has 0 atom stereocenters. The van der Waals surface area contributed by atoms with Gasteiger partial charge >= 0.3 is 0 Å². The van der Waals surface area contributed by atoms with Gasteiger partial charge in [0.1, 0.15) is 12.4 Å². The fourth-order valence-corrected chi connectivity index (χ4v) is 3.38. The number of allylic oxidation sites excluding steroid dienone is 1. The van der Waals surface area contributed by atoms with Crippen LogP contribution in [-0.4, -0.2) is 38.7 Å². The Labute approximate surface area is 163 Å². The van der Waals surface area contributed by atoms with Crippen LogP contribution in [0.5, 0.6) is 5.75 Å². The maximum atomic E-state index is 12.5. The standard InChI is InChI=1S/C22H20ClNO3/c23-19-4-8-22-18(14-19)13-16(15-27-22)1-7-21(25)17-2-5-20(6-3-17)24-9-11-26-12-10-24/h1-8,13-14H,9-12,15H2. The number of anilines is 1. The highest BCUT2D eigenvalue weighted by atomic mass is 35.5. The highest BCUT2D eigenvalue weighted by molar-refractivity contribution is 6.30. The van der Waals surface area contributed by atoms with Crippen molar-refractivity contribution in [2.24, 2.45) is 0 Å². The second kappa shape index (κ2) is 7.99. The van der Waals surface area contributed by atoms with E-state index >= 15 is 0 Å². The second-order valence-corrected chi connectivity index (χ2v) is 6.97. The zero-order valence-electron chi connectivity index (χ0n) is 14.9. The van der Waals surface area contributed by atoms with E-state index < -0.39 is 0 Å². The number of morpholine rings is 1. The van der Waals surface area contributed by atoms with Crippen LogP contribution in [0.25, 0.3) is 6.08 Å². The van der Waals surface area contributed by atoms with Gasteiger partial charge in [0.2, 0.25) is 0 Å². The molecule has 0 aliphatic carbocycles. The molecule has 5 heteroatoms. The van der Waals surface area contributed by atoms with Crippen LogP contribution < -0.4 is 9.64 Å². The Morgan fingerprint density at radius 2 is 1.85 bits per heavy atom. The average Bonchev–Trinajstić information content (AvgIpc) is 2.72. The normalized spacial score (nSPS) is 16.6. The quantitative estimate of drug-likeness (QED) is 0.581. The minimum atomic E-state index is -0.0266. The predicted molar refractivity (Wildman–Crippen MR) is 108 cm³/mol. The Balaban J connectivity index is 1.44. The summed E-state index contributed by atoms with van der Waals surface area (Å²) in [7, 11) is 0. The third-order valence-electron chi connectivity index (χ3n) is 4.68. The van der Waals surface area contributed by atoms with Gasteiger partial charge in [0.05, 0.1) is 13.2 Å². The number of carbonyl (C=O) groups is 1. The summed E-state index contributed by atoms with van der Waals surface area (Å²) >= 11 is 6.03. The molecule has 2 aliphatic rings. The molecule has 2 heterocycles. The largest absolute Gasteiger partial charge is 0.488 e. The fourth-order valence-electron chi connectivity index (χ4n) is 3.20. The number of ether oxygens (including phenoxy) is 2. The molecule has 2 aliphatic heterocycles. The van der Waals surface area contributed by atoms with E-state index in [1.54, 1.807) is 12.1 Å². The molecule has 4 nitrogen and oxygen atoms in total. The van der Waals surface area contributed by atoms with Crippen molar-refractivity contribution in [3.05, 3.63) is 76.3 Å². The van der Waals surface area contributed by atoms with Gasteiger partial charge in [-0.05, 0) is 60.2 Å².